The number of hydrogen-bond acceptors (Lipinski definition) is 0. The Kier molecular flexibility index (Phi) is 3.49. The third kappa shape index (κ3) is 2.51. The van der Waals surface area contributed by atoms with Gasteiger partial charge in [0.2, 0.25) is 0 Å². The molecule has 0 aliphatic carbocycles. The summed E-state index contributed by atoms with van der Waals surface area (Å²) < 4.78 is 0. The van der Waals surface area contributed by atoms with Gasteiger partial charge in [0.05, 0.1) is 0 Å². The van der Waals surface area contributed by atoms with E-state index < -0.39 is 0 Å². The number of benzene rings is 1. The molecule has 0 saturated carbocycles. The first-order valence-electron chi connectivity index (χ1n) is 3.01. The molecule has 0 bridgehead atoms. The Morgan fingerprint density at radius 1 is 1.20 bits per heavy atom. The van der Waals surface area contributed by atoms with Crippen LogP contribution >= 0.6 is 19.2 Å². The van der Waals surface area contributed by atoms with Crippen molar-refractivity contribution in [3.63, 3.8) is 0 Å². The molecular weight excluding hydrogens is 163 g/mol. The van der Waals surface area contributed by atoms with E-state index >= 15 is 0 Å². The van der Waals surface area contributed by atoms with Crippen LogP contribution in [0.5, 0.6) is 0 Å². The zero-order chi connectivity index (χ0) is 7.23. The van der Waals surface area contributed by atoms with Crippen molar-refractivity contribution in [2.75, 3.05) is 0 Å². The lowest BCUT2D eigenvalue weighted by atomic mass is 10.2. The van der Waals surface area contributed by atoms with Crippen LogP contribution in [0.25, 0.3) is 6.08 Å². The van der Waals surface area contributed by atoms with E-state index in [0.717, 1.165) is 0 Å². The molecule has 1 aromatic carbocycles. The van der Waals surface area contributed by atoms with E-state index in [4.69, 9.17) is 11.2 Å². The molecule has 0 aromatic heterocycles. The average molecular weight is 171 g/mol. The Bertz CT molecular complexity index is 206. The largest absolute Gasteiger partial charge is 0.0955 e. The molecule has 0 heterocycles. The maximum atomic E-state index is 5.49. The predicted molar refractivity (Wildman–Crippen MR) is 49.6 cm³/mol. The normalized spacial score (nSPS) is 11.7. The third-order valence-corrected chi connectivity index (χ3v) is 1.81. The molecule has 0 radical (unpaired) electrons. The average Bonchev–Trinajstić information content (AvgIpc) is 2.03. The van der Waals surface area contributed by atoms with Crippen LogP contribution in [-0.2, 0) is 0 Å². The van der Waals surface area contributed by atoms with E-state index in [-0.39, 0.29) is 0 Å². The first-order valence-corrected chi connectivity index (χ1v) is 5.10. The highest BCUT2D eigenvalue weighted by Gasteiger charge is 1.79. The molecule has 0 amide bonds. The molecule has 1 aromatic rings. The molecule has 0 spiro atoms. The molecule has 2 heteroatoms. The minimum absolute atomic E-state index is 0.375. The second kappa shape index (κ2) is 4.49. The third-order valence-electron chi connectivity index (χ3n) is 1.14. The lowest BCUT2D eigenvalue weighted by molar-refractivity contribution is 1.67. The van der Waals surface area contributed by atoms with Gasteiger partial charge in [0.25, 0.3) is 0 Å². The van der Waals surface area contributed by atoms with Crippen molar-refractivity contribution in [1.82, 2.24) is 0 Å². The summed E-state index contributed by atoms with van der Waals surface area (Å²) in [6, 6.07) is 10.1. The molecular formula is C8H8ClP. The van der Waals surface area contributed by atoms with E-state index in [1.807, 2.05) is 42.2 Å². The zero-order valence-electron chi connectivity index (χ0n) is 5.42. The van der Waals surface area contributed by atoms with E-state index in [1.165, 1.54) is 5.56 Å². The Morgan fingerprint density at radius 2 is 1.90 bits per heavy atom. The van der Waals surface area contributed by atoms with Gasteiger partial charge in [0.1, 0.15) is 0 Å². The van der Waals surface area contributed by atoms with Gasteiger partial charge in [0.15, 0.2) is 0 Å². The summed E-state index contributed by atoms with van der Waals surface area (Å²) in [5.74, 6) is 1.96. The summed E-state index contributed by atoms with van der Waals surface area (Å²) in [6.07, 6.45) is 2.02. The minimum Gasteiger partial charge on any atom is -0.0955 e. The summed E-state index contributed by atoms with van der Waals surface area (Å²) in [5.41, 5.74) is 1.20. The number of hydrogen-bond donors (Lipinski definition) is 0. The Hall–Kier alpha value is -0.320. The van der Waals surface area contributed by atoms with Crippen LogP contribution < -0.4 is 0 Å². The van der Waals surface area contributed by atoms with E-state index in [9.17, 15) is 0 Å². The van der Waals surface area contributed by atoms with E-state index in [0.29, 0.717) is 7.93 Å². The number of rotatable bonds is 2. The Morgan fingerprint density at radius 3 is 2.50 bits per heavy atom. The number of halogens is 1. The highest BCUT2D eigenvalue weighted by Crippen LogP contribution is 2.18. The van der Waals surface area contributed by atoms with Gasteiger partial charge in [-0.25, -0.2) is 0 Å². The van der Waals surface area contributed by atoms with Crippen molar-refractivity contribution in [3.05, 3.63) is 41.7 Å². The first-order chi connectivity index (χ1) is 4.93. The first kappa shape index (κ1) is 7.78. The summed E-state index contributed by atoms with van der Waals surface area (Å²) in [6.45, 7) is 0. The van der Waals surface area contributed by atoms with Crippen LogP contribution in [0.4, 0.5) is 0 Å². The molecule has 0 nitrogen and oxygen atoms in total. The van der Waals surface area contributed by atoms with Crippen molar-refractivity contribution in [2.24, 2.45) is 0 Å². The van der Waals surface area contributed by atoms with Gasteiger partial charge >= 0.3 is 0 Å². The molecule has 1 atom stereocenters. The van der Waals surface area contributed by atoms with Crippen LogP contribution in [0, 0.1) is 0 Å². The van der Waals surface area contributed by atoms with Gasteiger partial charge in [-0.05, 0) is 19.3 Å². The van der Waals surface area contributed by atoms with E-state index in [2.05, 4.69) is 0 Å². The molecule has 1 unspecified atom stereocenters. The predicted octanol–water partition coefficient (Wildman–Crippen LogP) is 3.49. The summed E-state index contributed by atoms with van der Waals surface area (Å²) >= 11 is 5.49. The second-order valence-electron chi connectivity index (χ2n) is 1.85. The maximum Gasteiger partial charge on any atom is -0.000812 e. The van der Waals surface area contributed by atoms with Crippen molar-refractivity contribution in [3.8, 4) is 0 Å². The second-order valence-corrected chi connectivity index (χ2v) is 3.06. The molecule has 0 aliphatic rings. The highest BCUT2D eigenvalue weighted by molar-refractivity contribution is 7.71. The molecule has 0 aliphatic heterocycles. The molecule has 10 heavy (non-hydrogen) atoms. The molecule has 52 valence electrons. The maximum absolute atomic E-state index is 5.49. The SMILES string of the molecule is ClPC=Cc1ccccc1. The fourth-order valence-corrected chi connectivity index (χ4v) is 1.14. The van der Waals surface area contributed by atoms with Crippen LogP contribution in [0.3, 0.4) is 0 Å². The van der Waals surface area contributed by atoms with Gasteiger partial charge in [-0.15, -0.1) is 0 Å². The van der Waals surface area contributed by atoms with Crippen LogP contribution in [-0.4, -0.2) is 0 Å². The van der Waals surface area contributed by atoms with E-state index in [1.54, 1.807) is 0 Å². The standard InChI is InChI=1S/C8H8ClP/c9-10-7-6-8-4-2-1-3-5-8/h1-7,10H. The van der Waals surface area contributed by atoms with Gasteiger partial charge in [-0.2, -0.15) is 0 Å². The smallest absolute Gasteiger partial charge is 0.000812 e. The van der Waals surface area contributed by atoms with Crippen LogP contribution in [0.1, 0.15) is 5.56 Å². The van der Waals surface area contributed by atoms with Crippen molar-refractivity contribution >= 4 is 25.3 Å². The fraction of sp³-hybridized carbons (Fsp3) is 0. The van der Waals surface area contributed by atoms with Gasteiger partial charge in [-0.3, -0.25) is 0 Å². The van der Waals surface area contributed by atoms with Gasteiger partial charge < -0.3 is 0 Å². The lowest BCUT2D eigenvalue weighted by Gasteiger charge is -1.87. The Balaban J connectivity index is 2.67. The summed E-state index contributed by atoms with van der Waals surface area (Å²) in [5, 5.41) is 0. The molecule has 1 rings (SSSR count). The fourth-order valence-electron chi connectivity index (χ4n) is 0.692. The quantitative estimate of drug-likeness (QED) is 0.596. The van der Waals surface area contributed by atoms with Crippen molar-refractivity contribution in [2.45, 2.75) is 0 Å². The van der Waals surface area contributed by atoms with Crippen molar-refractivity contribution in [1.29, 1.82) is 0 Å². The highest BCUT2D eigenvalue weighted by atomic mass is 35.7. The topological polar surface area (TPSA) is 0 Å². The van der Waals surface area contributed by atoms with Crippen LogP contribution in [0.2, 0.25) is 0 Å². The minimum atomic E-state index is 0.375. The van der Waals surface area contributed by atoms with Crippen molar-refractivity contribution < 1.29 is 0 Å². The lowest BCUT2D eigenvalue weighted by Crippen LogP contribution is -1.65. The summed E-state index contributed by atoms with van der Waals surface area (Å²) in [4.78, 5) is 0. The van der Waals surface area contributed by atoms with Gasteiger partial charge in [0, 0.05) is 0 Å². The molecule has 0 fully saturated rings. The van der Waals surface area contributed by atoms with Crippen LogP contribution in [0.15, 0.2) is 36.1 Å². The monoisotopic (exact) mass is 170 g/mol. The zero-order valence-corrected chi connectivity index (χ0v) is 7.18. The van der Waals surface area contributed by atoms with Gasteiger partial charge in [-0.1, -0.05) is 47.6 Å². The molecule has 0 saturated heterocycles. The molecule has 0 N–H and O–H groups in total. The summed E-state index contributed by atoms with van der Waals surface area (Å²) in [7, 11) is 0.375. The Labute approximate surface area is 67.5 Å².